The van der Waals surface area contributed by atoms with Gasteiger partial charge in [0.05, 0.1) is 5.41 Å². The molecule has 0 spiro atoms. The Balaban J connectivity index is 0.962. The van der Waals surface area contributed by atoms with E-state index in [1.165, 1.54) is 75.5 Å². The molecule has 0 atom stereocenters. The number of aromatic nitrogens is 3. The summed E-state index contributed by atoms with van der Waals surface area (Å²) < 4.78 is 2.60. The maximum Gasteiger partial charge on any atom is 0.164 e. The minimum Gasteiger partial charge on any atom is -0.208 e. The van der Waals surface area contributed by atoms with Crippen LogP contribution in [0, 0.1) is 0 Å². The zero-order valence-corrected chi connectivity index (χ0v) is 36.6. The molecule has 0 aliphatic heterocycles. The van der Waals surface area contributed by atoms with Gasteiger partial charge in [-0.15, -0.1) is 11.3 Å². The third-order valence-electron chi connectivity index (χ3n) is 13.5. The molecule has 0 radical (unpaired) electrons. The molecule has 0 fully saturated rings. The number of rotatable bonds is 7. The molecule has 0 N–H and O–H groups in total. The highest BCUT2D eigenvalue weighted by atomic mass is 32.1. The van der Waals surface area contributed by atoms with Crippen LogP contribution in [-0.2, 0) is 5.41 Å². The summed E-state index contributed by atoms with van der Waals surface area (Å²) in [6.07, 6.45) is 0. The summed E-state index contributed by atoms with van der Waals surface area (Å²) in [4.78, 5) is 15.8. The van der Waals surface area contributed by atoms with Crippen molar-refractivity contribution < 1.29 is 0 Å². The Bertz CT molecular complexity index is 3760. The van der Waals surface area contributed by atoms with Crippen LogP contribution >= 0.6 is 11.3 Å². The van der Waals surface area contributed by atoms with Gasteiger partial charge in [0.2, 0.25) is 0 Å². The first kappa shape index (κ1) is 38.2. The van der Waals surface area contributed by atoms with Gasteiger partial charge in [-0.05, 0) is 78.5 Å². The number of benzene rings is 10. The van der Waals surface area contributed by atoms with Crippen LogP contribution in [0.2, 0.25) is 0 Å². The fraction of sp³-hybridized carbons (Fsp3) is 0.0161. The predicted octanol–water partition coefficient (Wildman–Crippen LogP) is 16.1. The van der Waals surface area contributed by atoms with Gasteiger partial charge in [-0.1, -0.05) is 224 Å². The molecule has 1 aliphatic rings. The van der Waals surface area contributed by atoms with Crippen molar-refractivity contribution in [3.8, 4) is 67.5 Å². The Hall–Kier alpha value is -8.31. The van der Waals surface area contributed by atoms with E-state index in [4.69, 9.17) is 15.0 Å². The Kier molecular flexibility index (Phi) is 8.93. The highest BCUT2D eigenvalue weighted by molar-refractivity contribution is 7.26. The van der Waals surface area contributed by atoms with Crippen molar-refractivity contribution in [1.29, 1.82) is 0 Å². The Morgan fingerprint density at radius 1 is 0.303 bits per heavy atom. The molecule has 2 heterocycles. The average molecular weight is 858 g/mol. The number of hydrogen-bond donors (Lipinski definition) is 0. The number of nitrogens with zero attached hydrogens (tertiary/aromatic N) is 3. The van der Waals surface area contributed by atoms with Crippen LogP contribution in [0.5, 0.6) is 0 Å². The van der Waals surface area contributed by atoms with Crippen LogP contribution in [0.25, 0.3) is 98.5 Å². The standard InChI is InChI=1S/C62H39N3S/c1-3-17-46(18-4-1)62(47-19-5-2-6-20-47)55-27-11-9-22-51(55)54-39-45(37-38-56(54)62)61-64-59(43-33-29-41(30-34-43)49-24-13-16-40-15-7-8-21-48(40)49)63-60(65-61)44-35-31-42(32-36-44)50-25-14-26-53-52-23-10-12-28-57(52)66-58(50)53/h1-39H. The van der Waals surface area contributed by atoms with Crippen LogP contribution in [0.3, 0.4) is 0 Å². The lowest BCUT2D eigenvalue weighted by Crippen LogP contribution is -2.28. The lowest BCUT2D eigenvalue weighted by atomic mass is 9.67. The number of thiophene rings is 1. The van der Waals surface area contributed by atoms with Crippen molar-refractivity contribution in [3.05, 3.63) is 259 Å². The van der Waals surface area contributed by atoms with Gasteiger partial charge in [-0.2, -0.15) is 0 Å². The molecule has 3 nitrogen and oxygen atoms in total. The first-order valence-electron chi connectivity index (χ1n) is 22.4. The highest BCUT2D eigenvalue weighted by Crippen LogP contribution is 2.56. The molecule has 0 amide bonds. The zero-order chi connectivity index (χ0) is 43.6. The monoisotopic (exact) mass is 857 g/mol. The molecular formula is C62H39N3S. The Labute approximate surface area is 387 Å². The summed E-state index contributed by atoms with van der Waals surface area (Å²) in [7, 11) is 0. The van der Waals surface area contributed by atoms with Crippen LogP contribution < -0.4 is 0 Å². The lowest BCUT2D eigenvalue weighted by molar-refractivity contribution is 0.768. The van der Waals surface area contributed by atoms with Crippen molar-refractivity contribution in [3.63, 3.8) is 0 Å². The average Bonchev–Trinajstić information content (AvgIpc) is 3.93. The summed E-state index contributed by atoms with van der Waals surface area (Å²) in [5.74, 6) is 1.88. The topological polar surface area (TPSA) is 38.7 Å². The van der Waals surface area contributed by atoms with Crippen LogP contribution in [0.1, 0.15) is 22.3 Å². The Morgan fingerprint density at radius 2 is 0.773 bits per heavy atom. The molecule has 2 aromatic heterocycles. The smallest absolute Gasteiger partial charge is 0.164 e. The molecule has 308 valence electrons. The van der Waals surface area contributed by atoms with Crippen molar-refractivity contribution in [2.24, 2.45) is 0 Å². The molecule has 4 heteroatoms. The van der Waals surface area contributed by atoms with E-state index < -0.39 is 5.41 Å². The molecule has 13 rings (SSSR count). The number of fused-ring (bicyclic) bond motifs is 7. The minimum atomic E-state index is -0.490. The lowest BCUT2D eigenvalue weighted by Gasteiger charge is -2.33. The fourth-order valence-electron chi connectivity index (χ4n) is 10.4. The van der Waals surface area contributed by atoms with Gasteiger partial charge in [0.1, 0.15) is 0 Å². The van der Waals surface area contributed by atoms with E-state index in [0.29, 0.717) is 17.5 Å². The number of hydrogen-bond acceptors (Lipinski definition) is 4. The molecule has 10 aromatic carbocycles. The first-order valence-corrected chi connectivity index (χ1v) is 23.2. The molecule has 0 bridgehead atoms. The molecule has 66 heavy (non-hydrogen) atoms. The van der Waals surface area contributed by atoms with E-state index in [-0.39, 0.29) is 0 Å². The fourth-order valence-corrected chi connectivity index (χ4v) is 11.6. The van der Waals surface area contributed by atoms with Crippen LogP contribution in [0.4, 0.5) is 0 Å². The van der Waals surface area contributed by atoms with Gasteiger partial charge in [0, 0.05) is 36.9 Å². The third kappa shape index (κ3) is 6.07. The van der Waals surface area contributed by atoms with Crippen molar-refractivity contribution in [2.75, 3.05) is 0 Å². The van der Waals surface area contributed by atoms with Crippen molar-refractivity contribution in [1.82, 2.24) is 15.0 Å². The summed E-state index contributed by atoms with van der Waals surface area (Å²) in [6.45, 7) is 0. The summed E-state index contributed by atoms with van der Waals surface area (Å²) in [6, 6.07) is 85.2. The van der Waals surface area contributed by atoms with Crippen LogP contribution in [0.15, 0.2) is 237 Å². The summed E-state index contributed by atoms with van der Waals surface area (Å²) in [5, 5.41) is 5.04. The van der Waals surface area contributed by atoms with Crippen LogP contribution in [-0.4, -0.2) is 15.0 Å². The van der Waals surface area contributed by atoms with E-state index in [9.17, 15) is 0 Å². The summed E-state index contributed by atoms with van der Waals surface area (Å²) >= 11 is 1.85. The maximum atomic E-state index is 5.29. The normalized spacial score (nSPS) is 12.7. The van der Waals surface area contributed by atoms with E-state index >= 15 is 0 Å². The molecule has 12 aromatic rings. The molecule has 0 saturated heterocycles. The van der Waals surface area contributed by atoms with Gasteiger partial charge in [0.15, 0.2) is 17.5 Å². The van der Waals surface area contributed by atoms with Crippen molar-refractivity contribution in [2.45, 2.75) is 5.41 Å². The second-order valence-corrected chi connectivity index (χ2v) is 18.1. The van der Waals surface area contributed by atoms with Gasteiger partial charge in [-0.3, -0.25) is 0 Å². The second kappa shape index (κ2) is 15.4. The third-order valence-corrected chi connectivity index (χ3v) is 14.7. The molecule has 0 unspecified atom stereocenters. The molecule has 1 aliphatic carbocycles. The quantitative estimate of drug-likeness (QED) is 0.160. The first-order chi connectivity index (χ1) is 32.7. The van der Waals surface area contributed by atoms with Gasteiger partial charge >= 0.3 is 0 Å². The van der Waals surface area contributed by atoms with E-state index in [1.807, 2.05) is 11.3 Å². The largest absolute Gasteiger partial charge is 0.208 e. The minimum absolute atomic E-state index is 0.490. The predicted molar refractivity (Wildman–Crippen MR) is 275 cm³/mol. The van der Waals surface area contributed by atoms with E-state index in [2.05, 4.69) is 237 Å². The van der Waals surface area contributed by atoms with E-state index in [1.54, 1.807) is 0 Å². The summed E-state index contributed by atoms with van der Waals surface area (Å²) in [5.41, 5.74) is 14.4. The van der Waals surface area contributed by atoms with Gasteiger partial charge in [-0.25, -0.2) is 15.0 Å². The maximum absolute atomic E-state index is 5.29. The van der Waals surface area contributed by atoms with E-state index in [0.717, 1.165) is 27.8 Å². The highest BCUT2D eigenvalue weighted by Gasteiger charge is 2.46. The van der Waals surface area contributed by atoms with Gasteiger partial charge in [0.25, 0.3) is 0 Å². The second-order valence-electron chi connectivity index (χ2n) is 17.1. The SMILES string of the molecule is c1ccc(C2(c3ccccc3)c3ccccc3-c3cc(-c4nc(-c5ccc(-c6cccc7ccccc67)cc5)nc(-c5ccc(-c6cccc7c6sc6ccccc67)cc5)n4)ccc32)cc1. The zero-order valence-electron chi connectivity index (χ0n) is 35.8. The van der Waals surface area contributed by atoms with Crippen molar-refractivity contribution >= 4 is 42.3 Å². The molecule has 0 saturated carbocycles. The van der Waals surface area contributed by atoms with Gasteiger partial charge < -0.3 is 0 Å². The molecular weight excluding hydrogens is 819 g/mol. The Morgan fingerprint density at radius 3 is 1.48 bits per heavy atom.